The predicted molar refractivity (Wildman–Crippen MR) is 120 cm³/mol. The molecule has 0 saturated heterocycles. The highest BCUT2D eigenvalue weighted by Crippen LogP contribution is 2.44. The first-order valence-electron chi connectivity index (χ1n) is 9.63. The monoisotopic (exact) mass is 455 g/mol. The summed E-state index contributed by atoms with van der Waals surface area (Å²) in [7, 11) is -3.83. The zero-order chi connectivity index (χ0) is 22.6. The predicted octanol–water partition coefficient (Wildman–Crippen LogP) is 3.19. The molecule has 0 aromatic carbocycles. The highest BCUT2D eigenvalue weighted by Gasteiger charge is 2.30. The van der Waals surface area contributed by atoms with Gasteiger partial charge in [0.2, 0.25) is 0 Å². The van der Waals surface area contributed by atoms with Gasteiger partial charge in [0.25, 0.3) is 10.0 Å². The number of aryl methyl sites for hydroxylation is 2. The Morgan fingerprint density at radius 1 is 1.20 bits per heavy atom. The summed E-state index contributed by atoms with van der Waals surface area (Å²) < 4.78 is 32.3. The van der Waals surface area contributed by atoms with E-state index in [-0.39, 0.29) is 27.6 Å². The molecule has 0 fully saturated rings. The van der Waals surface area contributed by atoms with E-state index in [0.717, 1.165) is 17.1 Å². The van der Waals surface area contributed by atoms with Gasteiger partial charge in [-0.05, 0) is 32.4 Å². The van der Waals surface area contributed by atoms with Crippen molar-refractivity contribution in [3.63, 3.8) is 0 Å². The molecule has 0 radical (unpaired) electrons. The Balaban J connectivity index is 2.41. The second-order valence-corrected chi connectivity index (χ2v) is 9.97. The van der Waals surface area contributed by atoms with E-state index in [1.165, 1.54) is 4.31 Å². The summed E-state index contributed by atoms with van der Waals surface area (Å²) >= 11 is 0.941. The van der Waals surface area contributed by atoms with Crippen LogP contribution >= 0.6 is 11.3 Å². The lowest BCUT2D eigenvalue weighted by Crippen LogP contribution is -2.31. The van der Waals surface area contributed by atoms with Gasteiger partial charge in [-0.15, -0.1) is 11.3 Å². The van der Waals surface area contributed by atoms with Gasteiger partial charge in [-0.1, -0.05) is 20.8 Å². The van der Waals surface area contributed by atoms with E-state index in [9.17, 15) is 13.5 Å². The van der Waals surface area contributed by atoms with Crippen molar-refractivity contribution < 1.29 is 17.9 Å². The molecule has 1 atom stereocenters. The van der Waals surface area contributed by atoms with E-state index in [1.807, 2.05) is 26.0 Å². The Bertz CT molecular complexity index is 1050. The van der Waals surface area contributed by atoms with Crippen LogP contribution < -0.4 is 11.5 Å². The van der Waals surface area contributed by atoms with Crippen LogP contribution in [-0.4, -0.2) is 42.6 Å². The molecule has 30 heavy (non-hydrogen) atoms. The molecule has 0 spiro atoms. The molecule has 0 unspecified atom stereocenters. The van der Waals surface area contributed by atoms with E-state index in [1.54, 1.807) is 20.8 Å². The summed E-state index contributed by atoms with van der Waals surface area (Å²) in [6, 6.07) is 3.33. The quantitative estimate of drug-likeness (QED) is 0.411. The summed E-state index contributed by atoms with van der Waals surface area (Å²) in [5, 5.41) is 10.6. The zero-order valence-corrected chi connectivity index (χ0v) is 19.5. The molecule has 0 bridgehead atoms. The lowest BCUT2D eigenvalue weighted by molar-refractivity contribution is 0.434. The third kappa shape index (κ3) is 4.85. The van der Waals surface area contributed by atoms with Crippen molar-refractivity contribution in [3.05, 3.63) is 28.5 Å². The van der Waals surface area contributed by atoms with Crippen LogP contribution in [0, 0.1) is 13.8 Å². The van der Waals surface area contributed by atoms with E-state index >= 15 is 0 Å². The maximum atomic E-state index is 12.8. The molecule has 2 rings (SSSR count). The van der Waals surface area contributed by atoms with Crippen LogP contribution in [0.4, 0.5) is 5.69 Å². The average molecular weight is 456 g/mol. The minimum Gasteiger partial charge on any atom is -0.504 e. The minimum absolute atomic E-state index is 0.0194. The Morgan fingerprint density at radius 3 is 2.33 bits per heavy atom. The number of sulfonamides is 1. The molecular weight excluding hydrogens is 426 g/mol. The van der Waals surface area contributed by atoms with Gasteiger partial charge in [-0.2, -0.15) is 4.31 Å². The first-order chi connectivity index (χ1) is 14.1. The van der Waals surface area contributed by atoms with Crippen molar-refractivity contribution in [2.45, 2.75) is 51.3 Å². The second-order valence-electron chi connectivity index (χ2n) is 6.62. The van der Waals surface area contributed by atoms with E-state index < -0.39 is 15.8 Å². The number of hydrogen-bond donors (Lipinski definition) is 3. The van der Waals surface area contributed by atoms with Gasteiger partial charge in [0.05, 0.1) is 0 Å². The van der Waals surface area contributed by atoms with Crippen molar-refractivity contribution in [2.75, 3.05) is 13.1 Å². The van der Waals surface area contributed by atoms with Crippen LogP contribution in [0.2, 0.25) is 0 Å². The third-order valence-electron chi connectivity index (χ3n) is 4.54. The van der Waals surface area contributed by atoms with Crippen LogP contribution in [0.15, 0.2) is 30.7 Å². The number of furan rings is 1. The molecule has 0 aliphatic heterocycles. The normalized spacial score (nSPS) is 14.5. The highest BCUT2D eigenvalue weighted by atomic mass is 32.2. The smallest absolute Gasteiger partial charge is 0.256 e. The number of nitrogens with two attached hydrogens (primary N) is 2. The summed E-state index contributed by atoms with van der Waals surface area (Å²) in [5.74, 6) is 0.857. The Morgan fingerprint density at radius 2 is 1.83 bits per heavy atom. The van der Waals surface area contributed by atoms with Crippen molar-refractivity contribution >= 4 is 38.7 Å². The largest absolute Gasteiger partial charge is 0.504 e. The Hall–Kier alpha value is -2.37. The van der Waals surface area contributed by atoms with Gasteiger partial charge < -0.3 is 21.0 Å². The standard InChI is InChI=1S/C19H29N5O4S2/c1-6-13(14-10-9-11(4)28-14)22-17(20)18(21)23-15-12(5)29-19(16(15)25)30(26,27)24(7-2)8-3/h9-10,13,25H,6-8H2,1-5H3,(H2,20,22)(H2,21,23)/t13-/m1/s1. The third-order valence-corrected chi connectivity index (χ3v) is 8.16. The average Bonchev–Trinajstić information content (AvgIpc) is 3.25. The molecule has 2 aromatic heterocycles. The maximum Gasteiger partial charge on any atom is 0.256 e. The lowest BCUT2D eigenvalue weighted by Gasteiger charge is -2.17. The molecule has 2 heterocycles. The topological polar surface area (TPSA) is 148 Å². The van der Waals surface area contributed by atoms with Gasteiger partial charge in [-0.25, -0.2) is 13.4 Å². The van der Waals surface area contributed by atoms with Gasteiger partial charge >= 0.3 is 0 Å². The second kappa shape index (κ2) is 9.63. The number of hydrogen-bond acceptors (Lipinski definition) is 7. The summed E-state index contributed by atoms with van der Waals surface area (Å²) in [6.07, 6.45) is 0.635. The Kier molecular flexibility index (Phi) is 7.67. The van der Waals surface area contributed by atoms with E-state index in [4.69, 9.17) is 15.9 Å². The van der Waals surface area contributed by atoms with E-state index in [2.05, 4.69) is 9.98 Å². The highest BCUT2D eigenvalue weighted by molar-refractivity contribution is 7.91. The van der Waals surface area contributed by atoms with Gasteiger partial charge in [0, 0.05) is 18.0 Å². The fourth-order valence-electron chi connectivity index (χ4n) is 2.89. The number of aromatic hydroxyl groups is 1. The van der Waals surface area contributed by atoms with Crippen LogP contribution in [-0.2, 0) is 10.0 Å². The first-order valence-corrected chi connectivity index (χ1v) is 11.9. The van der Waals surface area contributed by atoms with E-state index in [0.29, 0.717) is 30.1 Å². The molecule has 0 aliphatic rings. The number of rotatable bonds is 8. The van der Waals surface area contributed by atoms with Gasteiger partial charge in [0.15, 0.2) is 21.6 Å². The number of amidine groups is 2. The molecule has 2 aromatic rings. The molecule has 0 aliphatic carbocycles. The van der Waals surface area contributed by atoms with Crippen molar-refractivity contribution in [2.24, 2.45) is 21.5 Å². The number of aliphatic imine (C=N–C) groups is 2. The minimum atomic E-state index is -3.83. The summed E-state index contributed by atoms with van der Waals surface area (Å²) in [5.41, 5.74) is 12.1. The molecule has 9 nitrogen and oxygen atoms in total. The lowest BCUT2D eigenvalue weighted by atomic mass is 10.2. The van der Waals surface area contributed by atoms with Crippen LogP contribution in [0.25, 0.3) is 0 Å². The summed E-state index contributed by atoms with van der Waals surface area (Å²) in [6.45, 7) is 9.48. The maximum absolute atomic E-state index is 12.8. The van der Waals surface area contributed by atoms with Crippen LogP contribution in [0.3, 0.4) is 0 Å². The number of thiophene rings is 1. The van der Waals surface area contributed by atoms with Gasteiger partial charge in [-0.3, -0.25) is 4.99 Å². The van der Waals surface area contributed by atoms with Crippen LogP contribution in [0.1, 0.15) is 49.6 Å². The fourth-order valence-corrected chi connectivity index (χ4v) is 5.97. The van der Waals surface area contributed by atoms with Crippen molar-refractivity contribution in [1.82, 2.24) is 4.31 Å². The van der Waals surface area contributed by atoms with Crippen molar-refractivity contribution in [1.29, 1.82) is 0 Å². The van der Waals surface area contributed by atoms with Crippen molar-refractivity contribution in [3.8, 4) is 5.75 Å². The molecule has 5 N–H and O–H groups in total. The Labute approximate surface area is 181 Å². The fraction of sp³-hybridized carbons (Fsp3) is 0.474. The molecule has 166 valence electrons. The zero-order valence-electron chi connectivity index (χ0n) is 17.8. The molecule has 0 amide bonds. The molecule has 11 heteroatoms. The SMILES string of the molecule is CC[C@@H](N=C(N)C(N)=Nc1c(C)sc(S(=O)(=O)N(CC)CC)c1O)c1ccc(C)o1. The summed E-state index contributed by atoms with van der Waals surface area (Å²) in [4.78, 5) is 9.06. The first kappa shape index (κ1) is 23.9. The van der Waals surface area contributed by atoms with Crippen LogP contribution in [0.5, 0.6) is 5.75 Å². The van der Waals surface area contributed by atoms with Gasteiger partial charge in [0.1, 0.15) is 23.2 Å². The number of nitrogens with zero attached hydrogens (tertiary/aromatic N) is 3. The molecule has 0 saturated carbocycles. The molecular formula is C19H29N5O4S2.